The van der Waals surface area contributed by atoms with Gasteiger partial charge in [0, 0.05) is 22.8 Å². The first-order chi connectivity index (χ1) is 7.94. The average Bonchev–Trinajstić information content (AvgIpc) is 2.29. The fourth-order valence-corrected chi connectivity index (χ4v) is 2.19. The van der Waals surface area contributed by atoms with E-state index in [0.717, 1.165) is 4.90 Å². The molecule has 0 aromatic heterocycles. The van der Waals surface area contributed by atoms with Crippen LogP contribution in [0.3, 0.4) is 0 Å². The van der Waals surface area contributed by atoms with Crippen LogP contribution in [0.2, 0.25) is 0 Å². The van der Waals surface area contributed by atoms with Gasteiger partial charge in [-0.3, -0.25) is 10.1 Å². The molecule has 1 aromatic carbocycles. The molecule has 0 fully saturated rings. The summed E-state index contributed by atoms with van der Waals surface area (Å²) in [6, 6.07) is 8.35. The van der Waals surface area contributed by atoms with Crippen molar-refractivity contribution >= 4 is 17.4 Å². The number of hydrogen-bond acceptors (Lipinski definition) is 5. The topological polar surface area (TPSA) is 93.0 Å². The highest BCUT2D eigenvalue weighted by Gasteiger charge is 2.16. The van der Waals surface area contributed by atoms with Crippen LogP contribution in [0.25, 0.3) is 0 Å². The molecule has 0 bridgehead atoms. The molecule has 0 heterocycles. The van der Waals surface area contributed by atoms with Crippen LogP contribution in [0, 0.1) is 21.4 Å². The Labute approximate surface area is 104 Å². The monoisotopic (exact) mass is 251 g/mol. The van der Waals surface area contributed by atoms with Crippen molar-refractivity contribution in [2.75, 3.05) is 5.75 Å². The zero-order chi connectivity index (χ0) is 12.9. The SMILES string of the molecule is CC(N)(C#N)CCSc1ccc([N+](=O)[O-])cc1. The molecule has 2 N–H and O–H groups in total. The third kappa shape index (κ3) is 4.43. The minimum atomic E-state index is -0.812. The molecule has 0 spiro atoms. The van der Waals surface area contributed by atoms with Crippen LogP contribution in [0.5, 0.6) is 0 Å². The summed E-state index contributed by atoms with van der Waals surface area (Å²) in [5, 5.41) is 19.2. The predicted molar refractivity (Wildman–Crippen MR) is 66.6 cm³/mol. The Morgan fingerprint density at radius 3 is 2.59 bits per heavy atom. The standard InChI is InChI=1S/C11H13N3O2S/c1-11(13,8-12)6-7-17-10-4-2-9(3-5-10)14(15)16/h2-5H,6-7,13H2,1H3. The van der Waals surface area contributed by atoms with Gasteiger partial charge in [-0.25, -0.2) is 0 Å². The normalized spacial score (nSPS) is 13.7. The van der Waals surface area contributed by atoms with Gasteiger partial charge in [-0.05, 0) is 25.5 Å². The van der Waals surface area contributed by atoms with Crippen LogP contribution in [-0.4, -0.2) is 16.2 Å². The van der Waals surface area contributed by atoms with E-state index in [0.29, 0.717) is 12.2 Å². The van der Waals surface area contributed by atoms with Crippen molar-refractivity contribution in [3.05, 3.63) is 34.4 Å². The number of benzene rings is 1. The molecule has 6 heteroatoms. The van der Waals surface area contributed by atoms with E-state index < -0.39 is 10.5 Å². The number of hydrogen-bond donors (Lipinski definition) is 1. The molecule has 17 heavy (non-hydrogen) atoms. The number of nitrogens with two attached hydrogens (primary N) is 1. The molecule has 1 aromatic rings. The van der Waals surface area contributed by atoms with E-state index in [1.165, 1.54) is 23.9 Å². The summed E-state index contributed by atoms with van der Waals surface area (Å²) in [7, 11) is 0. The van der Waals surface area contributed by atoms with Crippen LogP contribution in [0.15, 0.2) is 29.2 Å². The Kier molecular flexibility index (Phi) is 4.49. The molecule has 0 saturated heterocycles. The van der Waals surface area contributed by atoms with Crippen molar-refractivity contribution < 1.29 is 4.92 Å². The second-order valence-electron chi connectivity index (χ2n) is 3.88. The Morgan fingerprint density at radius 2 is 2.12 bits per heavy atom. The smallest absolute Gasteiger partial charge is 0.269 e. The van der Waals surface area contributed by atoms with Gasteiger partial charge in [-0.1, -0.05) is 0 Å². The summed E-state index contributed by atoms with van der Waals surface area (Å²) in [5.41, 5.74) is 4.95. The lowest BCUT2D eigenvalue weighted by Crippen LogP contribution is -2.34. The van der Waals surface area contributed by atoms with E-state index in [-0.39, 0.29) is 5.69 Å². The molecule has 0 aliphatic rings. The van der Waals surface area contributed by atoms with Gasteiger partial charge in [-0.15, -0.1) is 11.8 Å². The summed E-state index contributed by atoms with van der Waals surface area (Å²) in [5.74, 6) is 0.707. The number of nitro benzene ring substituents is 1. The van der Waals surface area contributed by atoms with Crippen molar-refractivity contribution in [2.24, 2.45) is 5.73 Å². The van der Waals surface area contributed by atoms with Crippen molar-refractivity contribution in [3.8, 4) is 6.07 Å². The highest BCUT2D eigenvalue weighted by Crippen LogP contribution is 2.23. The van der Waals surface area contributed by atoms with E-state index >= 15 is 0 Å². The van der Waals surface area contributed by atoms with Crippen LogP contribution >= 0.6 is 11.8 Å². The van der Waals surface area contributed by atoms with Gasteiger partial charge in [0.2, 0.25) is 0 Å². The summed E-state index contributed by atoms with van der Waals surface area (Å²) < 4.78 is 0. The molecule has 1 rings (SSSR count). The van der Waals surface area contributed by atoms with Gasteiger partial charge in [0.25, 0.3) is 5.69 Å². The van der Waals surface area contributed by atoms with E-state index in [1.807, 2.05) is 6.07 Å². The Morgan fingerprint density at radius 1 is 1.53 bits per heavy atom. The predicted octanol–water partition coefficient (Wildman–Crippen LogP) is 2.32. The number of nitriles is 1. The maximum Gasteiger partial charge on any atom is 0.269 e. The molecule has 90 valence electrons. The number of thioether (sulfide) groups is 1. The van der Waals surface area contributed by atoms with Crippen molar-refractivity contribution in [1.29, 1.82) is 5.26 Å². The number of nitro groups is 1. The molecule has 5 nitrogen and oxygen atoms in total. The third-order valence-corrected chi connectivity index (χ3v) is 3.21. The van der Waals surface area contributed by atoms with Crippen LogP contribution in [0.1, 0.15) is 13.3 Å². The van der Waals surface area contributed by atoms with E-state index in [1.54, 1.807) is 19.1 Å². The van der Waals surface area contributed by atoms with Gasteiger partial charge in [0.1, 0.15) is 5.54 Å². The Hall–Kier alpha value is -1.58. The Bertz CT molecular complexity index is 437. The first-order valence-electron chi connectivity index (χ1n) is 5.02. The van der Waals surface area contributed by atoms with Gasteiger partial charge in [-0.2, -0.15) is 5.26 Å². The molecular formula is C11H13N3O2S. The van der Waals surface area contributed by atoms with Crippen molar-refractivity contribution in [1.82, 2.24) is 0 Å². The van der Waals surface area contributed by atoms with Crippen molar-refractivity contribution in [3.63, 3.8) is 0 Å². The quantitative estimate of drug-likeness (QED) is 0.492. The lowest BCUT2D eigenvalue weighted by Gasteiger charge is -2.14. The second kappa shape index (κ2) is 5.66. The fraction of sp³-hybridized carbons (Fsp3) is 0.364. The minimum absolute atomic E-state index is 0.0787. The van der Waals surface area contributed by atoms with Crippen LogP contribution in [-0.2, 0) is 0 Å². The molecule has 0 amide bonds. The summed E-state index contributed by atoms with van der Waals surface area (Å²) in [6.45, 7) is 1.68. The lowest BCUT2D eigenvalue weighted by atomic mass is 10.0. The average molecular weight is 251 g/mol. The van der Waals surface area contributed by atoms with Gasteiger partial charge >= 0.3 is 0 Å². The van der Waals surface area contributed by atoms with E-state index in [2.05, 4.69) is 0 Å². The maximum absolute atomic E-state index is 10.4. The first kappa shape index (κ1) is 13.5. The van der Waals surface area contributed by atoms with Crippen LogP contribution in [0.4, 0.5) is 5.69 Å². The summed E-state index contributed by atoms with van der Waals surface area (Å²) >= 11 is 1.53. The van der Waals surface area contributed by atoms with E-state index in [9.17, 15) is 10.1 Å². The molecular weight excluding hydrogens is 238 g/mol. The maximum atomic E-state index is 10.4. The first-order valence-corrected chi connectivity index (χ1v) is 6.00. The fourth-order valence-electron chi connectivity index (χ4n) is 1.10. The molecule has 1 atom stereocenters. The van der Waals surface area contributed by atoms with E-state index in [4.69, 9.17) is 11.0 Å². The van der Waals surface area contributed by atoms with Crippen molar-refractivity contribution in [2.45, 2.75) is 23.8 Å². The summed E-state index contributed by atoms with van der Waals surface area (Å²) in [6.07, 6.45) is 0.575. The molecule has 1 unspecified atom stereocenters. The van der Waals surface area contributed by atoms with Crippen LogP contribution < -0.4 is 5.73 Å². The number of nitrogens with zero attached hydrogens (tertiary/aromatic N) is 2. The highest BCUT2D eigenvalue weighted by atomic mass is 32.2. The zero-order valence-corrected chi connectivity index (χ0v) is 10.2. The third-order valence-electron chi connectivity index (χ3n) is 2.19. The number of non-ortho nitro benzene ring substituents is 1. The minimum Gasteiger partial charge on any atom is -0.314 e. The molecule has 0 aliphatic carbocycles. The number of rotatable bonds is 5. The highest BCUT2D eigenvalue weighted by molar-refractivity contribution is 7.99. The molecule has 0 saturated carbocycles. The Balaban J connectivity index is 2.49. The largest absolute Gasteiger partial charge is 0.314 e. The molecule has 0 aliphatic heterocycles. The lowest BCUT2D eigenvalue weighted by molar-refractivity contribution is -0.384. The van der Waals surface area contributed by atoms with Gasteiger partial charge in [0.05, 0.1) is 11.0 Å². The van der Waals surface area contributed by atoms with Gasteiger partial charge in [0.15, 0.2) is 0 Å². The summed E-state index contributed by atoms with van der Waals surface area (Å²) in [4.78, 5) is 10.9. The zero-order valence-electron chi connectivity index (χ0n) is 9.42. The molecule has 0 radical (unpaired) electrons. The second-order valence-corrected chi connectivity index (χ2v) is 5.05. The van der Waals surface area contributed by atoms with Gasteiger partial charge < -0.3 is 5.73 Å².